The summed E-state index contributed by atoms with van der Waals surface area (Å²) in [5, 5.41) is 0. The van der Waals surface area contributed by atoms with Crippen LogP contribution in [0, 0.1) is 0 Å². The van der Waals surface area contributed by atoms with Crippen LogP contribution in [0.5, 0.6) is 0 Å². The van der Waals surface area contributed by atoms with Gasteiger partial charge >= 0.3 is 6.18 Å². The van der Waals surface area contributed by atoms with E-state index in [1.54, 1.807) is 0 Å². The highest BCUT2D eigenvalue weighted by molar-refractivity contribution is 8.00. The molecule has 0 aromatic heterocycles. The number of amides is 1. The van der Waals surface area contributed by atoms with Crippen LogP contribution in [0.1, 0.15) is 5.56 Å². The summed E-state index contributed by atoms with van der Waals surface area (Å²) in [6, 6.07) is 5.14. The van der Waals surface area contributed by atoms with Gasteiger partial charge in [-0.15, -0.1) is 11.8 Å². The summed E-state index contributed by atoms with van der Waals surface area (Å²) in [4.78, 5) is 12.6. The third-order valence-corrected chi connectivity index (χ3v) is 3.14. The lowest BCUT2D eigenvalue weighted by Crippen LogP contribution is -2.27. The van der Waals surface area contributed by atoms with Crippen molar-refractivity contribution in [2.45, 2.75) is 6.18 Å². The van der Waals surface area contributed by atoms with E-state index >= 15 is 0 Å². The van der Waals surface area contributed by atoms with Gasteiger partial charge in [-0.1, -0.05) is 12.1 Å². The van der Waals surface area contributed by atoms with E-state index in [0.29, 0.717) is 0 Å². The summed E-state index contributed by atoms with van der Waals surface area (Å²) < 4.78 is 38.1. The molecule has 1 saturated heterocycles. The van der Waals surface area contributed by atoms with Crippen molar-refractivity contribution in [2.24, 2.45) is 0 Å². The van der Waals surface area contributed by atoms with Crippen LogP contribution >= 0.6 is 11.8 Å². The topological polar surface area (TPSA) is 20.3 Å². The van der Waals surface area contributed by atoms with Crippen LogP contribution in [0.2, 0.25) is 0 Å². The molecule has 1 aliphatic rings. The van der Waals surface area contributed by atoms with Crippen LogP contribution < -0.4 is 4.90 Å². The Bertz CT molecular complexity index is 419. The molecule has 2 rings (SSSR count). The van der Waals surface area contributed by atoms with Crippen molar-refractivity contribution in [3.63, 3.8) is 0 Å². The number of anilines is 1. The molecule has 0 N–H and O–H groups in total. The maximum Gasteiger partial charge on any atom is 0.418 e. The molecule has 86 valence electrons. The number of carbonyl (C=O) groups excluding carboxylic acids is 1. The molecule has 0 spiro atoms. The summed E-state index contributed by atoms with van der Waals surface area (Å²) in [5.74, 6) is 0.250. The Morgan fingerprint density at radius 1 is 1.25 bits per heavy atom. The van der Waals surface area contributed by atoms with Gasteiger partial charge in [0.2, 0.25) is 5.91 Å². The zero-order chi connectivity index (χ0) is 11.8. The van der Waals surface area contributed by atoms with Crippen molar-refractivity contribution in [2.75, 3.05) is 16.5 Å². The summed E-state index contributed by atoms with van der Waals surface area (Å²) >= 11 is 1.31. The predicted molar refractivity (Wildman–Crippen MR) is 56.3 cm³/mol. The van der Waals surface area contributed by atoms with Gasteiger partial charge in [-0.05, 0) is 12.1 Å². The molecule has 1 aromatic rings. The number of nitrogens with zero attached hydrogens (tertiary/aromatic N) is 1. The number of halogens is 3. The molecular formula is C10H8F3NOS. The SMILES string of the molecule is O=C1CSCN1c1ccccc1C(F)(F)F. The van der Waals surface area contributed by atoms with Gasteiger partial charge in [0.1, 0.15) is 0 Å². The second-order valence-electron chi connectivity index (χ2n) is 3.31. The molecule has 2 nitrogen and oxygen atoms in total. The Hall–Kier alpha value is -1.17. The molecule has 1 fully saturated rings. The monoisotopic (exact) mass is 247 g/mol. The molecule has 1 aromatic carbocycles. The fourth-order valence-electron chi connectivity index (χ4n) is 1.53. The molecule has 1 aliphatic heterocycles. The predicted octanol–water partition coefficient (Wildman–Crippen LogP) is 2.74. The molecule has 1 amide bonds. The van der Waals surface area contributed by atoms with Crippen molar-refractivity contribution >= 4 is 23.4 Å². The fraction of sp³-hybridized carbons (Fsp3) is 0.300. The van der Waals surface area contributed by atoms with Crippen LogP contribution in [0.25, 0.3) is 0 Å². The molecule has 1 heterocycles. The Balaban J connectivity index is 2.44. The van der Waals surface area contributed by atoms with Crippen LogP contribution in [0.4, 0.5) is 18.9 Å². The fourth-order valence-corrected chi connectivity index (χ4v) is 2.41. The average molecular weight is 247 g/mol. The number of benzene rings is 1. The van der Waals surface area contributed by atoms with Crippen LogP contribution in [-0.2, 0) is 11.0 Å². The third kappa shape index (κ3) is 2.02. The minimum atomic E-state index is -4.43. The van der Waals surface area contributed by atoms with Crippen LogP contribution in [-0.4, -0.2) is 17.5 Å². The van der Waals surface area contributed by atoms with E-state index in [1.165, 1.54) is 34.9 Å². The maximum atomic E-state index is 12.7. The Kier molecular flexibility index (Phi) is 2.84. The highest BCUT2D eigenvalue weighted by Gasteiger charge is 2.36. The van der Waals surface area contributed by atoms with Crippen LogP contribution in [0.15, 0.2) is 24.3 Å². The Morgan fingerprint density at radius 2 is 1.94 bits per heavy atom. The summed E-state index contributed by atoms with van der Waals surface area (Å²) in [6.07, 6.45) is -4.43. The number of para-hydroxylation sites is 1. The molecule has 0 saturated carbocycles. The number of rotatable bonds is 1. The first-order valence-electron chi connectivity index (χ1n) is 4.54. The first kappa shape index (κ1) is 11.3. The number of thioether (sulfide) groups is 1. The lowest BCUT2D eigenvalue weighted by molar-refractivity contribution is -0.137. The molecule has 6 heteroatoms. The highest BCUT2D eigenvalue weighted by Crippen LogP contribution is 2.38. The first-order valence-corrected chi connectivity index (χ1v) is 5.70. The van der Waals surface area contributed by atoms with Crippen molar-refractivity contribution in [1.29, 1.82) is 0 Å². The van der Waals surface area contributed by atoms with E-state index in [0.717, 1.165) is 6.07 Å². The quantitative estimate of drug-likeness (QED) is 0.760. The molecule has 0 atom stereocenters. The van der Waals surface area contributed by atoms with Gasteiger partial charge in [-0.2, -0.15) is 13.2 Å². The van der Waals surface area contributed by atoms with Gasteiger partial charge in [-0.25, -0.2) is 0 Å². The molecule has 0 bridgehead atoms. The van der Waals surface area contributed by atoms with Crippen molar-refractivity contribution < 1.29 is 18.0 Å². The number of carbonyl (C=O) groups is 1. The van der Waals surface area contributed by atoms with E-state index in [4.69, 9.17) is 0 Å². The molecule has 0 radical (unpaired) electrons. The standard InChI is InChI=1S/C10H8F3NOS/c11-10(12,13)7-3-1-2-4-8(7)14-6-16-5-9(14)15/h1-4H,5-6H2. The molecular weight excluding hydrogens is 239 g/mol. The van der Waals surface area contributed by atoms with Gasteiger partial charge in [0.15, 0.2) is 0 Å². The van der Waals surface area contributed by atoms with Gasteiger partial charge in [-0.3, -0.25) is 4.79 Å². The Labute approximate surface area is 94.4 Å². The van der Waals surface area contributed by atoms with Crippen molar-refractivity contribution in [3.8, 4) is 0 Å². The maximum absolute atomic E-state index is 12.7. The van der Waals surface area contributed by atoms with Gasteiger partial charge < -0.3 is 4.90 Å². The molecule has 0 unspecified atom stereocenters. The summed E-state index contributed by atoms with van der Waals surface area (Å²) in [7, 11) is 0. The highest BCUT2D eigenvalue weighted by atomic mass is 32.2. The smallest absolute Gasteiger partial charge is 0.301 e. The number of hydrogen-bond donors (Lipinski definition) is 0. The Morgan fingerprint density at radius 3 is 2.50 bits per heavy atom. The van der Waals surface area contributed by atoms with E-state index in [9.17, 15) is 18.0 Å². The van der Waals surface area contributed by atoms with Gasteiger partial charge in [0, 0.05) is 0 Å². The minimum Gasteiger partial charge on any atom is -0.301 e. The zero-order valence-electron chi connectivity index (χ0n) is 8.12. The number of alkyl halides is 3. The first-order chi connectivity index (χ1) is 7.50. The molecule has 16 heavy (non-hydrogen) atoms. The van der Waals surface area contributed by atoms with Crippen LogP contribution in [0.3, 0.4) is 0 Å². The van der Waals surface area contributed by atoms with E-state index < -0.39 is 11.7 Å². The lowest BCUT2D eigenvalue weighted by atomic mass is 10.1. The van der Waals surface area contributed by atoms with Crippen molar-refractivity contribution in [1.82, 2.24) is 0 Å². The normalized spacial score (nSPS) is 16.9. The second-order valence-corrected chi connectivity index (χ2v) is 4.27. The second kappa shape index (κ2) is 4.01. The largest absolute Gasteiger partial charge is 0.418 e. The molecule has 0 aliphatic carbocycles. The summed E-state index contributed by atoms with van der Waals surface area (Å²) in [6.45, 7) is 0. The lowest BCUT2D eigenvalue weighted by Gasteiger charge is -2.20. The van der Waals surface area contributed by atoms with E-state index in [-0.39, 0.29) is 23.2 Å². The van der Waals surface area contributed by atoms with E-state index in [2.05, 4.69) is 0 Å². The number of hydrogen-bond acceptors (Lipinski definition) is 2. The van der Waals surface area contributed by atoms with Crippen molar-refractivity contribution in [3.05, 3.63) is 29.8 Å². The third-order valence-electron chi connectivity index (χ3n) is 2.25. The zero-order valence-corrected chi connectivity index (χ0v) is 8.94. The average Bonchev–Trinajstić information content (AvgIpc) is 2.63. The van der Waals surface area contributed by atoms with Gasteiger partial charge in [0.05, 0.1) is 22.9 Å². The minimum absolute atomic E-state index is 0.0509. The van der Waals surface area contributed by atoms with E-state index in [1.807, 2.05) is 0 Å². The van der Waals surface area contributed by atoms with Gasteiger partial charge in [0.25, 0.3) is 0 Å². The summed E-state index contributed by atoms with van der Waals surface area (Å²) in [5.41, 5.74) is -0.809.